The Morgan fingerprint density at radius 3 is 2.86 bits per heavy atom. The molecule has 0 aliphatic heterocycles. The molecule has 0 aromatic carbocycles. The van der Waals surface area contributed by atoms with Crippen molar-refractivity contribution in [3.8, 4) is 0 Å². The highest BCUT2D eigenvalue weighted by molar-refractivity contribution is 6.33. The third-order valence-corrected chi connectivity index (χ3v) is 3.30. The SMILES string of the molecule is CCNc1ccc(Cl)c(C(=O)NCc2ccncc2C)n1. The van der Waals surface area contributed by atoms with E-state index in [0.717, 1.165) is 17.7 Å². The number of amides is 1. The second-order valence-electron chi connectivity index (χ2n) is 4.54. The molecule has 2 aromatic rings. The molecule has 0 unspecified atom stereocenters. The van der Waals surface area contributed by atoms with Gasteiger partial charge in [0, 0.05) is 25.5 Å². The molecule has 2 rings (SSSR count). The molecule has 6 heteroatoms. The predicted molar refractivity (Wildman–Crippen MR) is 83.6 cm³/mol. The molecule has 0 fully saturated rings. The highest BCUT2D eigenvalue weighted by atomic mass is 35.5. The maximum atomic E-state index is 12.2. The minimum Gasteiger partial charge on any atom is -0.370 e. The monoisotopic (exact) mass is 304 g/mol. The van der Waals surface area contributed by atoms with Crippen LogP contribution >= 0.6 is 11.6 Å². The average Bonchev–Trinajstić information content (AvgIpc) is 2.48. The molecule has 2 aromatic heterocycles. The van der Waals surface area contributed by atoms with E-state index >= 15 is 0 Å². The van der Waals surface area contributed by atoms with E-state index in [2.05, 4.69) is 20.6 Å². The third kappa shape index (κ3) is 3.92. The van der Waals surface area contributed by atoms with E-state index in [-0.39, 0.29) is 11.6 Å². The second kappa shape index (κ2) is 7.04. The van der Waals surface area contributed by atoms with E-state index in [4.69, 9.17) is 11.6 Å². The van der Waals surface area contributed by atoms with Crippen LogP contribution in [0, 0.1) is 6.92 Å². The topological polar surface area (TPSA) is 66.9 Å². The van der Waals surface area contributed by atoms with Gasteiger partial charge in [0.2, 0.25) is 0 Å². The first-order valence-electron chi connectivity index (χ1n) is 6.70. The number of nitrogens with one attached hydrogen (secondary N) is 2. The number of pyridine rings is 2. The van der Waals surface area contributed by atoms with Gasteiger partial charge in [-0.2, -0.15) is 0 Å². The van der Waals surface area contributed by atoms with Crippen molar-refractivity contribution in [3.05, 3.63) is 52.4 Å². The molecule has 2 N–H and O–H groups in total. The van der Waals surface area contributed by atoms with Crippen molar-refractivity contribution in [2.75, 3.05) is 11.9 Å². The van der Waals surface area contributed by atoms with Crippen LogP contribution in [0.4, 0.5) is 5.82 Å². The summed E-state index contributed by atoms with van der Waals surface area (Å²) in [6.07, 6.45) is 3.46. The summed E-state index contributed by atoms with van der Waals surface area (Å²) in [5, 5.41) is 6.21. The molecule has 1 amide bonds. The van der Waals surface area contributed by atoms with E-state index in [9.17, 15) is 4.79 Å². The van der Waals surface area contributed by atoms with Crippen molar-refractivity contribution in [3.63, 3.8) is 0 Å². The third-order valence-electron chi connectivity index (χ3n) is 2.99. The minimum absolute atomic E-state index is 0.224. The Labute approximate surface area is 128 Å². The van der Waals surface area contributed by atoms with Gasteiger partial charge in [0.25, 0.3) is 5.91 Å². The lowest BCUT2D eigenvalue weighted by Crippen LogP contribution is -2.25. The van der Waals surface area contributed by atoms with Gasteiger partial charge in [-0.15, -0.1) is 0 Å². The molecular weight excluding hydrogens is 288 g/mol. The van der Waals surface area contributed by atoms with Crippen LogP contribution in [0.15, 0.2) is 30.6 Å². The number of anilines is 1. The fourth-order valence-corrected chi connectivity index (χ4v) is 2.03. The Kier molecular flexibility index (Phi) is 5.11. The van der Waals surface area contributed by atoms with Crippen LogP contribution in [-0.2, 0) is 6.54 Å². The standard InChI is InChI=1S/C15H17ClN4O/c1-3-18-13-5-4-12(16)14(20-13)15(21)19-9-11-6-7-17-8-10(11)2/h4-8H,3,9H2,1-2H3,(H,18,20)(H,19,21). The molecule has 0 atom stereocenters. The zero-order valence-electron chi connectivity index (χ0n) is 12.0. The number of carbonyl (C=O) groups excluding carboxylic acids is 1. The van der Waals surface area contributed by atoms with Crippen molar-refractivity contribution >= 4 is 23.3 Å². The molecule has 5 nitrogen and oxygen atoms in total. The zero-order valence-corrected chi connectivity index (χ0v) is 12.7. The fraction of sp³-hybridized carbons (Fsp3) is 0.267. The summed E-state index contributed by atoms with van der Waals surface area (Å²) in [4.78, 5) is 20.5. The summed E-state index contributed by atoms with van der Waals surface area (Å²) in [7, 11) is 0. The Hall–Kier alpha value is -2.14. The summed E-state index contributed by atoms with van der Waals surface area (Å²) < 4.78 is 0. The number of nitrogens with zero attached hydrogens (tertiary/aromatic N) is 2. The highest BCUT2D eigenvalue weighted by Crippen LogP contribution is 2.17. The number of rotatable bonds is 5. The van der Waals surface area contributed by atoms with Gasteiger partial charge in [0.05, 0.1) is 5.02 Å². The lowest BCUT2D eigenvalue weighted by Gasteiger charge is -2.09. The molecule has 0 aliphatic rings. The van der Waals surface area contributed by atoms with E-state index in [1.54, 1.807) is 24.5 Å². The van der Waals surface area contributed by atoms with Gasteiger partial charge in [-0.05, 0) is 43.2 Å². The van der Waals surface area contributed by atoms with Crippen molar-refractivity contribution in [2.45, 2.75) is 20.4 Å². The first kappa shape index (κ1) is 15.3. The van der Waals surface area contributed by atoms with Gasteiger partial charge in [0.15, 0.2) is 0 Å². The smallest absolute Gasteiger partial charge is 0.271 e. The van der Waals surface area contributed by atoms with Crippen LogP contribution in [0.3, 0.4) is 0 Å². The first-order chi connectivity index (χ1) is 10.1. The van der Waals surface area contributed by atoms with Crippen LogP contribution in [0.25, 0.3) is 0 Å². The number of aryl methyl sites for hydroxylation is 1. The van der Waals surface area contributed by atoms with E-state index in [0.29, 0.717) is 17.4 Å². The summed E-state index contributed by atoms with van der Waals surface area (Å²) in [6, 6.07) is 5.29. The molecule has 110 valence electrons. The van der Waals surface area contributed by atoms with Gasteiger partial charge < -0.3 is 10.6 Å². The first-order valence-corrected chi connectivity index (χ1v) is 7.07. The average molecular weight is 305 g/mol. The molecule has 0 saturated carbocycles. The summed E-state index contributed by atoms with van der Waals surface area (Å²) in [5.41, 5.74) is 2.26. The lowest BCUT2D eigenvalue weighted by atomic mass is 10.1. The van der Waals surface area contributed by atoms with Crippen LogP contribution in [0.1, 0.15) is 28.5 Å². The highest BCUT2D eigenvalue weighted by Gasteiger charge is 2.13. The molecule has 0 spiro atoms. The summed E-state index contributed by atoms with van der Waals surface area (Å²) in [6.45, 7) is 5.05. The molecule has 0 bridgehead atoms. The number of carbonyl (C=O) groups is 1. The fourth-order valence-electron chi connectivity index (χ4n) is 1.84. The molecular formula is C15H17ClN4O. The van der Waals surface area contributed by atoms with E-state index in [1.807, 2.05) is 19.9 Å². The second-order valence-corrected chi connectivity index (χ2v) is 4.95. The van der Waals surface area contributed by atoms with Crippen molar-refractivity contribution in [1.82, 2.24) is 15.3 Å². The Balaban J connectivity index is 2.10. The van der Waals surface area contributed by atoms with Gasteiger partial charge in [-0.25, -0.2) is 4.98 Å². The maximum absolute atomic E-state index is 12.2. The number of aromatic nitrogens is 2. The molecule has 2 heterocycles. The van der Waals surface area contributed by atoms with Crippen molar-refractivity contribution in [2.24, 2.45) is 0 Å². The molecule has 0 radical (unpaired) electrons. The van der Waals surface area contributed by atoms with Gasteiger partial charge in [0.1, 0.15) is 11.5 Å². The molecule has 0 saturated heterocycles. The number of hydrogen-bond acceptors (Lipinski definition) is 4. The largest absolute Gasteiger partial charge is 0.370 e. The van der Waals surface area contributed by atoms with Crippen LogP contribution in [-0.4, -0.2) is 22.4 Å². The predicted octanol–water partition coefficient (Wildman–Crippen LogP) is 2.80. The molecule has 0 aliphatic carbocycles. The summed E-state index contributed by atoms with van der Waals surface area (Å²) in [5.74, 6) is 0.336. The quantitative estimate of drug-likeness (QED) is 0.891. The Bertz CT molecular complexity index is 645. The summed E-state index contributed by atoms with van der Waals surface area (Å²) >= 11 is 6.04. The maximum Gasteiger partial charge on any atom is 0.271 e. The normalized spacial score (nSPS) is 10.2. The number of halogens is 1. The Morgan fingerprint density at radius 2 is 2.14 bits per heavy atom. The number of hydrogen-bond donors (Lipinski definition) is 2. The lowest BCUT2D eigenvalue weighted by molar-refractivity contribution is 0.0946. The van der Waals surface area contributed by atoms with Gasteiger partial charge in [-0.1, -0.05) is 11.6 Å². The van der Waals surface area contributed by atoms with Crippen LogP contribution in [0.5, 0.6) is 0 Å². The van der Waals surface area contributed by atoms with Crippen LogP contribution in [0.2, 0.25) is 5.02 Å². The van der Waals surface area contributed by atoms with Crippen LogP contribution < -0.4 is 10.6 Å². The van der Waals surface area contributed by atoms with E-state index in [1.165, 1.54) is 0 Å². The Morgan fingerprint density at radius 1 is 1.33 bits per heavy atom. The van der Waals surface area contributed by atoms with Gasteiger partial charge >= 0.3 is 0 Å². The zero-order chi connectivity index (χ0) is 15.2. The van der Waals surface area contributed by atoms with E-state index < -0.39 is 0 Å². The van der Waals surface area contributed by atoms with Crippen molar-refractivity contribution in [1.29, 1.82) is 0 Å². The van der Waals surface area contributed by atoms with Crippen molar-refractivity contribution < 1.29 is 4.79 Å². The van der Waals surface area contributed by atoms with Gasteiger partial charge in [-0.3, -0.25) is 9.78 Å². The minimum atomic E-state index is -0.295. The molecule has 21 heavy (non-hydrogen) atoms.